The van der Waals surface area contributed by atoms with Gasteiger partial charge in [-0.25, -0.2) is 0 Å². The van der Waals surface area contributed by atoms with Crippen molar-refractivity contribution in [3.63, 3.8) is 0 Å². The van der Waals surface area contributed by atoms with E-state index in [-0.39, 0.29) is 5.60 Å². The van der Waals surface area contributed by atoms with Crippen molar-refractivity contribution < 1.29 is 4.74 Å². The van der Waals surface area contributed by atoms with Crippen molar-refractivity contribution in [3.8, 4) is 0 Å². The van der Waals surface area contributed by atoms with Crippen molar-refractivity contribution in [1.29, 1.82) is 0 Å². The number of ether oxygens (including phenoxy) is 1. The van der Waals surface area contributed by atoms with E-state index in [9.17, 15) is 0 Å². The molecule has 1 aliphatic heterocycles. The van der Waals surface area contributed by atoms with Gasteiger partial charge in [-0.15, -0.1) is 0 Å². The summed E-state index contributed by atoms with van der Waals surface area (Å²) in [5, 5.41) is 0. The average molecular weight is 367 g/mol. The zero-order valence-corrected chi connectivity index (χ0v) is 14.9. The fourth-order valence-electron chi connectivity index (χ4n) is 3.07. The molecule has 0 radical (unpaired) electrons. The minimum absolute atomic E-state index is 0.0328. The molecule has 2 nitrogen and oxygen atoms in total. The van der Waals surface area contributed by atoms with Gasteiger partial charge in [0.2, 0.25) is 0 Å². The van der Waals surface area contributed by atoms with Gasteiger partial charge in [0, 0.05) is 17.6 Å². The molecule has 0 aromatic rings. The third-order valence-corrected chi connectivity index (χ3v) is 5.51. The van der Waals surface area contributed by atoms with E-state index in [1.54, 1.807) is 0 Å². The summed E-state index contributed by atoms with van der Waals surface area (Å²) in [4.78, 5) is 2.64. The van der Waals surface area contributed by atoms with Crippen LogP contribution in [0.5, 0.6) is 0 Å². The van der Waals surface area contributed by atoms with Crippen LogP contribution in [-0.4, -0.2) is 41.2 Å². The molecule has 0 spiro atoms. The quantitative estimate of drug-likeness (QED) is 0.517. The van der Waals surface area contributed by atoms with Crippen LogP contribution in [0.3, 0.4) is 0 Å². The average Bonchev–Trinajstić information content (AvgIpc) is 2.31. The van der Waals surface area contributed by atoms with E-state index in [1.165, 1.54) is 32.5 Å². The first-order valence-electron chi connectivity index (χ1n) is 7.22. The molecule has 0 aliphatic carbocycles. The molecule has 0 N–H and O–H groups in total. The maximum Gasteiger partial charge on any atom is 0.0653 e. The summed E-state index contributed by atoms with van der Waals surface area (Å²) in [6.45, 7) is 13.0. The molecule has 1 unspecified atom stereocenters. The summed E-state index contributed by atoms with van der Waals surface area (Å²) in [6, 6.07) is 0. The highest BCUT2D eigenvalue weighted by atomic mass is 127. The summed E-state index contributed by atoms with van der Waals surface area (Å²) < 4.78 is 6.60. The van der Waals surface area contributed by atoms with Gasteiger partial charge in [0.25, 0.3) is 0 Å². The van der Waals surface area contributed by atoms with Gasteiger partial charge < -0.3 is 9.64 Å². The highest BCUT2D eigenvalue weighted by Crippen LogP contribution is 2.33. The summed E-state index contributed by atoms with van der Waals surface area (Å²) >= 11 is 2.59. The molecule has 1 atom stereocenters. The van der Waals surface area contributed by atoms with E-state index in [0.717, 1.165) is 16.8 Å². The second-order valence-electron chi connectivity index (χ2n) is 6.80. The molecule has 0 bridgehead atoms. The van der Waals surface area contributed by atoms with Crippen LogP contribution in [0, 0.1) is 5.41 Å². The minimum atomic E-state index is 0.0328. The van der Waals surface area contributed by atoms with Crippen LogP contribution >= 0.6 is 22.6 Å². The standard InChI is InChI=1S/C15H30INO/c1-6-15(4,18-5)11-14(2,3)12-17-9-7-13(16)8-10-17/h13H,6-12H2,1-5H3. The predicted octanol–water partition coefficient (Wildman–Crippen LogP) is 4.12. The summed E-state index contributed by atoms with van der Waals surface area (Å²) in [6.07, 6.45) is 4.93. The van der Waals surface area contributed by atoms with Gasteiger partial charge in [0.15, 0.2) is 0 Å². The number of nitrogens with zero attached hydrogens (tertiary/aromatic N) is 1. The zero-order chi connectivity index (χ0) is 13.8. The smallest absolute Gasteiger partial charge is 0.0653 e. The Kier molecular flexibility index (Phi) is 6.39. The van der Waals surface area contributed by atoms with Crippen LogP contribution in [0.4, 0.5) is 0 Å². The Labute approximate surface area is 127 Å². The van der Waals surface area contributed by atoms with Gasteiger partial charge in [0.1, 0.15) is 0 Å². The van der Waals surface area contributed by atoms with Crippen LogP contribution in [0.25, 0.3) is 0 Å². The van der Waals surface area contributed by atoms with Gasteiger partial charge in [0.05, 0.1) is 5.60 Å². The normalized spacial score (nSPS) is 23.0. The van der Waals surface area contributed by atoms with Crippen LogP contribution < -0.4 is 0 Å². The van der Waals surface area contributed by atoms with E-state index in [4.69, 9.17) is 4.74 Å². The van der Waals surface area contributed by atoms with Crippen molar-refractivity contribution in [2.45, 2.75) is 62.9 Å². The molecule has 1 heterocycles. The zero-order valence-electron chi connectivity index (χ0n) is 12.8. The Balaban J connectivity index is 2.48. The lowest BCUT2D eigenvalue weighted by Gasteiger charge is -2.40. The second-order valence-corrected chi connectivity index (χ2v) is 8.56. The SMILES string of the molecule is CCC(C)(CC(C)(C)CN1CCC(I)CC1)OC. The van der Waals surface area contributed by atoms with E-state index in [0.29, 0.717) is 5.41 Å². The summed E-state index contributed by atoms with van der Waals surface area (Å²) in [7, 11) is 1.85. The van der Waals surface area contributed by atoms with Crippen molar-refractivity contribution >= 4 is 22.6 Å². The first-order chi connectivity index (χ1) is 8.30. The molecule has 0 aromatic heterocycles. The molecule has 18 heavy (non-hydrogen) atoms. The number of hydrogen-bond acceptors (Lipinski definition) is 2. The fourth-order valence-corrected chi connectivity index (χ4v) is 3.63. The van der Waals surface area contributed by atoms with Gasteiger partial charge in [-0.05, 0) is 51.1 Å². The van der Waals surface area contributed by atoms with Crippen molar-refractivity contribution in [3.05, 3.63) is 0 Å². The lowest BCUT2D eigenvalue weighted by atomic mass is 9.79. The number of methoxy groups -OCH3 is 1. The Bertz CT molecular complexity index is 243. The first kappa shape index (κ1) is 16.7. The molecular weight excluding hydrogens is 337 g/mol. The highest BCUT2D eigenvalue weighted by molar-refractivity contribution is 14.1. The van der Waals surface area contributed by atoms with E-state index in [2.05, 4.69) is 55.2 Å². The monoisotopic (exact) mass is 367 g/mol. The van der Waals surface area contributed by atoms with Gasteiger partial charge in [-0.2, -0.15) is 0 Å². The van der Waals surface area contributed by atoms with Gasteiger partial charge in [-0.3, -0.25) is 0 Å². The molecule has 0 amide bonds. The molecule has 0 saturated carbocycles. The van der Waals surface area contributed by atoms with Crippen molar-refractivity contribution in [2.75, 3.05) is 26.7 Å². The minimum Gasteiger partial charge on any atom is -0.379 e. The lowest BCUT2D eigenvalue weighted by molar-refractivity contribution is -0.0377. The number of piperidine rings is 1. The van der Waals surface area contributed by atoms with E-state index in [1.807, 2.05) is 7.11 Å². The Morgan fingerprint density at radius 3 is 2.22 bits per heavy atom. The Hall–Kier alpha value is 0.650. The lowest BCUT2D eigenvalue weighted by Crippen LogP contribution is -2.43. The van der Waals surface area contributed by atoms with Crippen LogP contribution in [0.15, 0.2) is 0 Å². The van der Waals surface area contributed by atoms with E-state index >= 15 is 0 Å². The number of alkyl halides is 1. The predicted molar refractivity (Wildman–Crippen MR) is 87.6 cm³/mol. The number of halogens is 1. The molecule has 0 aromatic carbocycles. The van der Waals surface area contributed by atoms with Crippen LogP contribution in [-0.2, 0) is 4.74 Å². The Morgan fingerprint density at radius 2 is 1.78 bits per heavy atom. The molecular formula is C15H30INO. The molecule has 1 fully saturated rings. The largest absolute Gasteiger partial charge is 0.379 e. The Morgan fingerprint density at radius 1 is 1.22 bits per heavy atom. The van der Waals surface area contributed by atoms with Gasteiger partial charge in [-0.1, -0.05) is 43.4 Å². The van der Waals surface area contributed by atoms with Gasteiger partial charge >= 0.3 is 0 Å². The number of hydrogen-bond donors (Lipinski definition) is 0. The maximum atomic E-state index is 5.71. The summed E-state index contributed by atoms with van der Waals surface area (Å²) in [5.74, 6) is 0. The molecule has 3 heteroatoms. The first-order valence-corrected chi connectivity index (χ1v) is 8.46. The molecule has 1 saturated heterocycles. The fraction of sp³-hybridized carbons (Fsp3) is 1.00. The molecule has 108 valence electrons. The number of rotatable bonds is 6. The van der Waals surface area contributed by atoms with Crippen molar-refractivity contribution in [2.24, 2.45) is 5.41 Å². The van der Waals surface area contributed by atoms with Crippen molar-refractivity contribution in [1.82, 2.24) is 4.90 Å². The number of likely N-dealkylation sites (tertiary alicyclic amines) is 1. The highest BCUT2D eigenvalue weighted by Gasteiger charge is 2.33. The molecule has 1 rings (SSSR count). The third kappa shape index (κ3) is 5.33. The second kappa shape index (κ2) is 6.89. The van der Waals surface area contributed by atoms with E-state index < -0.39 is 0 Å². The van der Waals surface area contributed by atoms with Crippen LogP contribution in [0.2, 0.25) is 0 Å². The topological polar surface area (TPSA) is 12.5 Å². The summed E-state index contributed by atoms with van der Waals surface area (Å²) in [5.41, 5.74) is 0.365. The van der Waals surface area contributed by atoms with Crippen LogP contribution in [0.1, 0.15) is 53.4 Å². The molecule has 1 aliphatic rings. The third-order valence-electron chi connectivity index (χ3n) is 4.26. The maximum absolute atomic E-state index is 5.71.